The van der Waals surface area contributed by atoms with E-state index in [2.05, 4.69) is 4.98 Å². The number of nitrogens with zero attached hydrogens (tertiary/aromatic N) is 1. The van der Waals surface area contributed by atoms with Crippen LogP contribution < -0.4 is 11.2 Å². The Morgan fingerprint density at radius 3 is 2.78 bits per heavy atom. The monoisotopic (exact) mass is 364 g/mol. The second-order valence-electron chi connectivity index (χ2n) is 5.61. The summed E-state index contributed by atoms with van der Waals surface area (Å²) >= 11 is 0. The van der Waals surface area contributed by atoms with Crippen molar-refractivity contribution in [2.75, 3.05) is 19.9 Å². The van der Waals surface area contributed by atoms with Gasteiger partial charge in [0, 0.05) is 31.5 Å². The third-order valence-corrected chi connectivity index (χ3v) is 4.49. The van der Waals surface area contributed by atoms with Crippen molar-refractivity contribution in [3.05, 3.63) is 32.6 Å². The molecular formula is C12H18N2O7P2. The molecule has 9 nitrogen and oxygen atoms in total. The Labute approximate surface area is 133 Å². The van der Waals surface area contributed by atoms with Crippen LogP contribution in [0.2, 0.25) is 0 Å². The normalized spacial score (nSPS) is 25.1. The number of H-pyrrole nitrogens is 1. The van der Waals surface area contributed by atoms with E-state index < -0.39 is 45.7 Å². The van der Waals surface area contributed by atoms with E-state index in [4.69, 9.17) is 13.8 Å². The molecule has 128 valence electrons. The maximum atomic E-state index is 11.9. The summed E-state index contributed by atoms with van der Waals surface area (Å²) in [5.41, 5.74) is -0.714. The van der Waals surface area contributed by atoms with Crippen LogP contribution >= 0.6 is 16.1 Å². The van der Waals surface area contributed by atoms with Crippen LogP contribution in [-0.2, 0) is 22.9 Å². The standard InChI is InChI=1S/C12H18N2O7P2/c1-7-5-14(12(16)13-11(7)15)10-4-8(21-22-17)9(20-10)6-19-23(2,3)18/h5,8-10H,4,6H2,1-3H3,(H,13,15,16)/t8-,9?,10?/m0/s1. The Morgan fingerprint density at radius 2 is 2.17 bits per heavy atom. The second-order valence-corrected chi connectivity index (χ2v) is 8.73. The molecule has 1 N–H and O–H groups in total. The topological polar surface area (TPSA) is 117 Å². The summed E-state index contributed by atoms with van der Waals surface area (Å²) in [7, 11) is -3.23. The van der Waals surface area contributed by atoms with Gasteiger partial charge in [0.05, 0.1) is 6.61 Å². The van der Waals surface area contributed by atoms with Crippen LogP contribution in [0.25, 0.3) is 0 Å². The van der Waals surface area contributed by atoms with E-state index >= 15 is 0 Å². The van der Waals surface area contributed by atoms with Crippen LogP contribution in [0.15, 0.2) is 15.8 Å². The van der Waals surface area contributed by atoms with Crippen LogP contribution in [0.3, 0.4) is 0 Å². The third-order valence-electron chi connectivity index (χ3n) is 3.36. The molecule has 2 rings (SSSR count). The third kappa shape index (κ3) is 4.68. The zero-order valence-electron chi connectivity index (χ0n) is 12.9. The van der Waals surface area contributed by atoms with Gasteiger partial charge in [-0.15, -0.1) is 0 Å². The fourth-order valence-electron chi connectivity index (χ4n) is 2.24. The molecule has 1 aliphatic rings. The number of hydrogen-bond acceptors (Lipinski definition) is 7. The minimum atomic E-state index is -2.71. The lowest BCUT2D eigenvalue weighted by molar-refractivity contribution is -0.0353. The molecule has 0 radical (unpaired) electrons. The molecule has 0 amide bonds. The van der Waals surface area contributed by atoms with Gasteiger partial charge in [-0.25, -0.2) is 9.36 Å². The highest BCUT2D eigenvalue weighted by molar-refractivity contribution is 7.57. The lowest BCUT2D eigenvalue weighted by Gasteiger charge is -2.18. The molecule has 0 spiro atoms. The number of aromatic amines is 1. The first-order chi connectivity index (χ1) is 10.7. The Balaban J connectivity index is 2.21. The van der Waals surface area contributed by atoms with Crippen molar-refractivity contribution in [1.82, 2.24) is 9.55 Å². The minimum Gasteiger partial charge on any atom is -0.349 e. The van der Waals surface area contributed by atoms with Crippen molar-refractivity contribution >= 4 is 16.1 Å². The molecule has 0 bridgehead atoms. The molecule has 1 saturated heterocycles. The van der Waals surface area contributed by atoms with Gasteiger partial charge in [0.1, 0.15) is 18.4 Å². The van der Waals surface area contributed by atoms with Crippen LogP contribution in [0.5, 0.6) is 0 Å². The van der Waals surface area contributed by atoms with Crippen molar-refractivity contribution in [3.8, 4) is 0 Å². The van der Waals surface area contributed by atoms with Gasteiger partial charge in [0.25, 0.3) is 5.56 Å². The number of hydrogen-bond donors (Lipinski definition) is 1. The van der Waals surface area contributed by atoms with Gasteiger partial charge in [-0.1, -0.05) is 0 Å². The molecule has 1 aromatic rings. The van der Waals surface area contributed by atoms with Gasteiger partial charge >= 0.3 is 14.4 Å². The smallest absolute Gasteiger partial charge is 0.330 e. The minimum absolute atomic E-state index is 0.0158. The summed E-state index contributed by atoms with van der Waals surface area (Å²) in [6.07, 6.45) is -0.289. The van der Waals surface area contributed by atoms with E-state index in [-0.39, 0.29) is 13.0 Å². The van der Waals surface area contributed by atoms with Crippen molar-refractivity contribution < 1.29 is 22.9 Å². The van der Waals surface area contributed by atoms with Gasteiger partial charge in [-0.2, -0.15) is 0 Å². The van der Waals surface area contributed by atoms with E-state index in [9.17, 15) is 18.7 Å². The predicted molar refractivity (Wildman–Crippen MR) is 82.5 cm³/mol. The first-order valence-electron chi connectivity index (χ1n) is 6.87. The van der Waals surface area contributed by atoms with Crippen LogP contribution in [0, 0.1) is 6.92 Å². The maximum absolute atomic E-state index is 11.9. The average molecular weight is 364 g/mol. The van der Waals surface area contributed by atoms with Gasteiger partial charge in [0.15, 0.2) is 7.37 Å². The summed E-state index contributed by atoms with van der Waals surface area (Å²) in [6.45, 7) is 4.49. The molecule has 11 heteroatoms. The lowest BCUT2D eigenvalue weighted by Crippen LogP contribution is -2.33. The first-order valence-corrected chi connectivity index (χ1v) is 10.1. The molecule has 1 fully saturated rings. The zero-order valence-corrected chi connectivity index (χ0v) is 14.7. The maximum Gasteiger partial charge on any atom is 0.330 e. The summed E-state index contributed by atoms with van der Waals surface area (Å²) < 4.78 is 39.6. The molecule has 1 aromatic heterocycles. The molecule has 0 aromatic carbocycles. The quantitative estimate of drug-likeness (QED) is 0.756. The fourth-order valence-corrected chi connectivity index (χ4v) is 3.08. The van der Waals surface area contributed by atoms with E-state index in [0.29, 0.717) is 5.56 Å². The van der Waals surface area contributed by atoms with E-state index in [1.54, 1.807) is 6.92 Å². The van der Waals surface area contributed by atoms with Gasteiger partial charge in [-0.3, -0.25) is 23.4 Å². The molecular weight excluding hydrogens is 346 g/mol. The van der Waals surface area contributed by atoms with Gasteiger partial charge in [0.2, 0.25) is 0 Å². The van der Waals surface area contributed by atoms with Crippen LogP contribution in [0.4, 0.5) is 0 Å². The summed E-state index contributed by atoms with van der Waals surface area (Å²) in [6, 6.07) is 0. The number of aromatic nitrogens is 2. The zero-order chi connectivity index (χ0) is 17.2. The van der Waals surface area contributed by atoms with E-state index in [1.807, 2.05) is 0 Å². The second kappa shape index (κ2) is 7.20. The highest BCUT2D eigenvalue weighted by atomic mass is 31.2. The number of aryl methyl sites for hydroxylation is 1. The Kier molecular flexibility index (Phi) is 5.70. The summed E-state index contributed by atoms with van der Waals surface area (Å²) in [5, 5.41) is 0. The van der Waals surface area contributed by atoms with Crippen molar-refractivity contribution in [3.63, 3.8) is 0 Å². The summed E-state index contributed by atoms with van der Waals surface area (Å²) in [5.74, 6) is 0. The number of ether oxygens (including phenoxy) is 1. The molecule has 1 aliphatic heterocycles. The van der Waals surface area contributed by atoms with Crippen molar-refractivity contribution in [2.45, 2.75) is 31.8 Å². The number of nitrogens with one attached hydrogen (secondary N) is 1. The SMILES string of the molecule is Cc1cn(C2C[C@H](OP=O)C(COP(C)(C)=O)O2)c(=O)[nH]c1=O. The van der Waals surface area contributed by atoms with E-state index in [1.165, 1.54) is 24.1 Å². The van der Waals surface area contributed by atoms with E-state index in [0.717, 1.165) is 0 Å². The molecule has 0 aliphatic carbocycles. The van der Waals surface area contributed by atoms with Crippen molar-refractivity contribution in [1.29, 1.82) is 0 Å². The fraction of sp³-hybridized carbons (Fsp3) is 0.667. The summed E-state index contributed by atoms with van der Waals surface area (Å²) in [4.78, 5) is 25.5. The molecule has 3 atom stereocenters. The number of rotatable bonds is 6. The molecule has 23 heavy (non-hydrogen) atoms. The average Bonchev–Trinajstić information content (AvgIpc) is 2.83. The largest absolute Gasteiger partial charge is 0.349 e. The highest BCUT2D eigenvalue weighted by Gasteiger charge is 2.38. The van der Waals surface area contributed by atoms with Gasteiger partial charge in [-0.05, 0) is 6.92 Å². The Bertz CT molecular complexity index is 738. The van der Waals surface area contributed by atoms with Gasteiger partial charge < -0.3 is 9.26 Å². The Morgan fingerprint density at radius 1 is 1.48 bits per heavy atom. The highest BCUT2D eigenvalue weighted by Crippen LogP contribution is 2.40. The molecule has 0 saturated carbocycles. The van der Waals surface area contributed by atoms with Crippen LogP contribution in [0.1, 0.15) is 18.2 Å². The Hall–Kier alpha value is -1.11. The van der Waals surface area contributed by atoms with Crippen molar-refractivity contribution in [2.24, 2.45) is 0 Å². The predicted octanol–water partition coefficient (Wildman–Crippen LogP) is 1.28. The van der Waals surface area contributed by atoms with Crippen LogP contribution in [-0.4, -0.2) is 41.7 Å². The molecule has 2 unspecified atom stereocenters. The lowest BCUT2D eigenvalue weighted by atomic mass is 10.2. The first kappa shape index (κ1) is 18.2. The molecule has 2 heterocycles.